The van der Waals surface area contributed by atoms with Crippen LogP contribution in [0.1, 0.15) is 24.8 Å². The molecular formula is C15H21N3O. The van der Waals surface area contributed by atoms with Gasteiger partial charge in [-0.25, -0.2) is 4.79 Å². The Balaban J connectivity index is 1.66. The van der Waals surface area contributed by atoms with Crippen molar-refractivity contribution in [1.29, 1.82) is 0 Å². The molecule has 2 aliphatic heterocycles. The summed E-state index contributed by atoms with van der Waals surface area (Å²) in [6, 6.07) is 10.6. The highest BCUT2D eigenvalue weighted by Crippen LogP contribution is 2.26. The van der Waals surface area contributed by atoms with Crippen molar-refractivity contribution < 1.29 is 4.79 Å². The van der Waals surface area contributed by atoms with Crippen LogP contribution >= 0.6 is 0 Å². The highest BCUT2D eigenvalue weighted by atomic mass is 16.2. The van der Waals surface area contributed by atoms with E-state index in [-0.39, 0.29) is 11.6 Å². The first-order chi connectivity index (χ1) is 9.26. The van der Waals surface area contributed by atoms with Crippen molar-refractivity contribution >= 4 is 6.03 Å². The molecule has 3 rings (SSSR count). The Morgan fingerprint density at radius 1 is 1.21 bits per heavy atom. The van der Waals surface area contributed by atoms with Gasteiger partial charge in [0.05, 0.1) is 5.54 Å². The van der Waals surface area contributed by atoms with Crippen LogP contribution in [-0.2, 0) is 6.54 Å². The van der Waals surface area contributed by atoms with Crippen LogP contribution in [0.4, 0.5) is 4.79 Å². The lowest BCUT2D eigenvalue weighted by atomic mass is 9.84. The largest absolute Gasteiger partial charge is 0.338 e. The van der Waals surface area contributed by atoms with Gasteiger partial charge in [0.2, 0.25) is 0 Å². The van der Waals surface area contributed by atoms with Crippen molar-refractivity contribution in [3.63, 3.8) is 0 Å². The number of benzene rings is 1. The van der Waals surface area contributed by atoms with Gasteiger partial charge < -0.3 is 10.6 Å². The third-order valence-electron chi connectivity index (χ3n) is 4.17. The summed E-state index contributed by atoms with van der Waals surface area (Å²) in [5.41, 5.74) is 1.34. The van der Waals surface area contributed by atoms with Gasteiger partial charge in [-0.3, -0.25) is 4.90 Å². The molecule has 1 spiro atoms. The average Bonchev–Trinajstić information content (AvgIpc) is 2.39. The molecule has 1 unspecified atom stereocenters. The molecular weight excluding hydrogens is 238 g/mol. The zero-order valence-corrected chi connectivity index (χ0v) is 11.2. The van der Waals surface area contributed by atoms with Crippen LogP contribution in [0.25, 0.3) is 0 Å². The fraction of sp³-hybridized carbons (Fsp3) is 0.533. The van der Waals surface area contributed by atoms with Gasteiger partial charge in [-0.05, 0) is 31.4 Å². The Morgan fingerprint density at radius 3 is 2.84 bits per heavy atom. The van der Waals surface area contributed by atoms with Crippen molar-refractivity contribution in [2.24, 2.45) is 0 Å². The molecule has 1 aromatic carbocycles. The molecule has 2 fully saturated rings. The van der Waals surface area contributed by atoms with Crippen LogP contribution in [-0.4, -0.2) is 36.1 Å². The molecule has 0 aliphatic carbocycles. The van der Waals surface area contributed by atoms with Crippen molar-refractivity contribution in [3.05, 3.63) is 35.9 Å². The maximum absolute atomic E-state index is 11.6. The highest BCUT2D eigenvalue weighted by Gasteiger charge is 2.38. The SMILES string of the molecule is O=C1NCCC2(CCCN(Cc3ccccc3)C2)N1. The molecule has 2 heterocycles. The van der Waals surface area contributed by atoms with Crippen molar-refractivity contribution in [2.75, 3.05) is 19.6 Å². The lowest BCUT2D eigenvalue weighted by molar-refractivity contribution is 0.104. The summed E-state index contributed by atoms with van der Waals surface area (Å²) in [5.74, 6) is 0. The minimum Gasteiger partial charge on any atom is -0.338 e. The summed E-state index contributed by atoms with van der Waals surface area (Å²) in [6.07, 6.45) is 3.29. The van der Waals surface area contributed by atoms with Crippen LogP contribution in [0, 0.1) is 0 Å². The van der Waals surface area contributed by atoms with E-state index in [0.29, 0.717) is 0 Å². The van der Waals surface area contributed by atoms with Gasteiger partial charge in [-0.2, -0.15) is 0 Å². The Hall–Kier alpha value is -1.55. The summed E-state index contributed by atoms with van der Waals surface area (Å²) in [5, 5.41) is 6.01. The number of rotatable bonds is 2. The van der Waals surface area contributed by atoms with Crippen LogP contribution in [0.2, 0.25) is 0 Å². The first-order valence-electron chi connectivity index (χ1n) is 7.08. The van der Waals surface area contributed by atoms with Gasteiger partial charge in [0.1, 0.15) is 0 Å². The van der Waals surface area contributed by atoms with E-state index in [4.69, 9.17) is 0 Å². The summed E-state index contributed by atoms with van der Waals surface area (Å²) in [4.78, 5) is 14.0. The second-order valence-electron chi connectivity index (χ2n) is 5.71. The van der Waals surface area contributed by atoms with Crippen LogP contribution in [0.15, 0.2) is 30.3 Å². The molecule has 0 radical (unpaired) electrons. The normalized spacial score (nSPS) is 27.9. The molecule has 4 heteroatoms. The number of nitrogens with zero attached hydrogens (tertiary/aromatic N) is 1. The number of piperidine rings is 1. The summed E-state index contributed by atoms with van der Waals surface area (Å²) in [7, 11) is 0. The lowest BCUT2D eigenvalue weighted by Crippen LogP contribution is -2.64. The summed E-state index contributed by atoms with van der Waals surface area (Å²) in [6.45, 7) is 3.87. The molecule has 2 saturated heterocycles. The molecule has 0 bridgehead atoms. The zero-order chi connectivity index (χ0) is 13.1. The smallest absolute Gasteiger partial charge is 0.315 e. The molecule has 2 N–H and O–H groups in total. The predicted octanol–water partition coefficient (Wildman–Crippen LogP) is 1.72. The van der Waals surface area contributed by atoms with Gasteiger partial charge in [0, 0.05) is 19.6 Å². The second-order valence-corrected chi connectivity index (χ2v) is 5.71. The van der Waals surface area contributed by atoms with E-state index in [1.165, 1.54) is 5.56 Å². The van der Waals surface area contributed by atoms with Gasteiger partial charge in [0.25, 0.3) is 0 Å². The summed E-state index contributed by atoms with van der Waals surface area (Å²) >= 11 is 0. The van der Waals surface area contributed by atoms with E-state index in [2.05, 4.69) is 39.8 Å². The third-order valence-corrected chi connectivity index (χ3v) is 4.17. The molecule has 2 amide bonds. The topological polar surface area (TPSA) is 44.4 Å². The first-order valence-corrected chi connectivity index (χ1v) is 7.08. The number of urea groups is 1. The molecule has 102 valence electrons. The Bertz CT molecular complexity index is 444. The first kappa shape index (κ1) is 12.5. The van der Waals surface area contributed by atoms with E-state index < -0.39 is 0 Å². The molecule has 4 nitrogen and oxygen atoms in total. The monoisotopic (exact) mass is 259 g/mol. The molecule has 2 aliphatic rings. The van der Waals surface area contributed by atoms with E-state index in [1.54, 1.807) is 0 Å². The van der Waals surface area contributed by atoms with Gasteiger partial charge in [-0.1, -0.05) is 30.3 Å². The molecule has 0 saturated carbocycles. The standard InChI is InChI=1S/C15H21N3O/c19-14-16-9-8-15(17-14)7-4-10-18(12-15)11-13-5-2-1-3-6-13/h1-3,5-6H,4,7-12H2,(H2,16,17,19). The van der Waals surface area contributed by atoms with E-state index in [0.717, 1.165) is 45.4 Å². The van der Waals surface area contributed by atoms with E-state index >= 15 is 0 Å². The van der Waals surface area contributed by atoms with Crippen molar-refractivity contribution in [2.45, 2.75) is 31.3 Å². The minimum atomic E-state index is -0.00666. The van der Waals surface area contributed by atoms with Crippen LogP contribution < -0.4 is 10.6 Å². The quantitative estimate of drug-likeness (QED) is 0.849. The number of amides is 2. The van der Waals surface area contributed by atoms with Gasteiger partial charge >= 0.3 is 6.03 Å². The Morgan fingerprint density at radius 2 is 2.05 bits per heavy atom. The maximum Gasteiger partial charge on any atom is 0.315 e. The summed E-state index contributed by atoms with van der Waals surface area (Å²) < 4.78 is 0. The Labute approximate surface area is 114 Å². The fourth-order valence-electron chi connectivity index (χ4n) is 3.27. The second kappa shape index (κ2) is 5.21. The van der Waals surface area contributed by atoms with Crippen LogP contribution in [0.5, 0.6) is 0 Å². The highest BCUT2D eigenvalue weighted by molar-refractivity contribution is 5.75. The fourth-order valence-corrected chi connectivity index (χ4v) is 3.27. The molecule has 19 heavy (non-hydrogen) atoms. The van der Waals surface area contributed by atoms with Gasteiger partial charge in [0.15, 0.2) is 0 Å². The average molecular weight is 259 g/mol. The van der Waals surface area contributed by atoms with Crippen LogP contribution in [0.3, 0.4) is 0 Å². The number of hydrogen-bond donors (Lipinski definition) is 2. The number of hydrogen-bond acceptors (Lipinski definition) is 2. The maximum atomic E-state index is 11.6. The Kier molecular flexibility index (Phi) is 3.42. The molecule has 0 aromatic heterocycles. The number of carbonyl (C=O) groups excluding carboxylic acids is 1. The van der Waals surface area contributed by atoms with Gasteiger partial charge in [-0.15, -0.1) is 0 Å². The van der Waals surface area contributed by atoms with E-state index in [9.17, 15) is 4.79 Å². The molecule has 1 atom stereocenters. The zero-order valence-electron chi connectivity index (χ0n) is 11.2. The number of likely N-dealkylation sites (tertiary alicyclic amines) is 1. The lowest BCUT2D eigenvalue weighted by Gasteiger charge is -2.45. The molecule has 1 aromatic rings. The number of carbonyl (C=O) groups is 1. The predicted molar refractivity (Wildman–Crippen MR) is 74.8 cm³/mol. The van der Waals surface area contributed by atoms with Crippen molar-refractivity contribution in [1.82, 2.24) is 15.5 Å². The number of nitrogens with one attached hydrogen (secondary N) is 2. The third kappa shape index (κ3) is 2.89. The van der Waals surface area contributed by atoms with Crippen molar-refractivity contribution in [3.8, 4) is 0 Å². The minimum absolute atomic E-state index is 0.00460. The van der Waals surface area contributed by atoms with E-state index in [1.807, 2.05) is 6.07 Å².